The second kappa shape index (κ2) is 14.3. The Morgan fingerprint density at radius 2 is 1.92 bits per heavy atom. The number of hydrogen-bond donors (Lipinski definition) is 3. The summed E-state index contributed by atoms with van der Waals surface area (Å²) in [7, 11) is 2.00. The van der Waals surface area contributed by atoms with Crippen LogP contribution in [0.2, 0.25) is 0 Å². The molecule has 0 aliphatic carbocycles. The van der Waals surface area contributed by atoms with Crippen LogP contribution in [0.5, 0.6) is 5.75 Å². The van der Waals surface area contributed by atoms with Crippen LogP contribution in [-0.2, 0) is 16.1 Å². The Bertz CT molecular complexity index is 997. The number of nitrogens with two attached hydrogens (primary N) is 1. The lowest BCUT2D eigenvalue weighted by atomic mass is 10.0. The van der Waals surface area contributed by atoms with Gasteiger partial charge in [0, 0.05) is 64.0 Å². The molecule has 1 amide bonds. The Labute approximate surface area is 221 Å². The minimum Gasteiger partial charge on any atom is -0.463 e. The van der Waals surface area contributed by atoms with Gasteiger partial charge in [0.1, 0.15) is 5.75 Å². The summed E-state index contributed by atoms with van der Waals surface area (Å²) in [4.78, 5) is 13.4. The molecule has 8 nitrogen and oxygen atoms in total. The number of aliphatic hydroxyl groups excluding tert-OH is 1. The lowest BCUT2D eigenvalue weighted by Crippen LogP contribution is -2.35. The van der Waals surface area contributed by atoms with Crippen molar-refractivity contribution >= 4 is 11.6 Å². The lowest BCUT2D eigenvalue weighted by molar-refractivity contribution is -0.180. The van der Waals surface area contributed by atoms with Gasteiger partial charge in [-0.05, 0) is 61.7 Å². The maximum Gasteiger partial charge on any atom is 0.248 e. The van der Waals surface area contributed by atoms with E-state index in [1.807, 2.05) is 57.3 Å². The van der Waals surface area contributed by atoms with Crippen LogP contribution in [0.3, 0.4) is 0 Å². The summed E-state index contributed by atoms with van der Waals surface area (Å²) in [5.74, 6) is -0.197. The quantitative estimate of drug-likeness (QED) is 0.290. The molecule has 1 heterocycles. The standard InChI is InChI=1S/C29H43N3O5/c1-29(2)36-21-24-18-22(12-13-27(24)37-29)26(33)20-31-14-6-4-5-7-16-35-17-9-15-32(3)25-11-8-10-23(19-25)28(30)34/h8,10-13,18-19,26,31,33H,4-7,9,14-17,20-21H2,1-3H3,(H2,30,34)/t26-/m1/s1. The molecule has 0 saturated carbocycles. The highest BCUT2D eigenvalue weighted by Crippen LogP contribution is 2.32. The predicted octanol–water partition coefficient (Wildman–Crippen LogP) is 4.16. The fourth-order valence-electron chi connectivity index (χ4n) is 4.26. The molecule has 2 aromatic rings. The first kappa shape index (κ1) is 28.9. The normalized spacial score (nSPS) is 15.0. The fraction of sp³-hybridized carbons (Fsp3) is 0.552. The summed E-state index contributed by atoms with van der Waals surface area (Å²) in [5, 5.41) is 13.9. The zero-order valence-electron chi connectivity index (χ0n) is 22.5. The van der Waals surface area contributed by atoms with Crippen molar-refractivity contribution in [2.45, 2.75) is 64.4 Å². The van der Waals surface area contributed by atoms with E-state index in [0.29, 0.717) is 18.7 Å². The molecule has 4 N–H and O–H groups in total. The number of unbranched alkanes of at least 4 members (excludes halogenated alkanes) is 3. The van der Waals surface area contributed by atoms with Crippen LogP contribution in [0.25, 0.3) is 0 Å². The second-order valence-corrected chi connectivity index (χ2v) is 10.1. The van der Waals surface area contributed by atoms with Crippen molar-refractivity contribution in [1.82, 2.24) is 5.32 Å². The van der Waals surface area contributed by atoms with Crippen molar-refractivity contribution in [3.8, 4) is 5.75 Å². The zero-order valence-corrected chi connectivity index (χ0v) is 22.5. The molecule has 0 unspecified atom stereocenters. The van der Waals surface area contributed by atoms with E-state index in [2.05, 4.69) is 10.2 Å². The number of hydrogen-bond acceptors (Lipinski definition) is 7. The summed E-state index contributed by atoms with van der Waals surface area (Å²) < 4.78 is 17.3. The van der Waals surface area contributed by atoms with Crippen molar-refractivity contribution in [2.24, 2.45) is 5.73 Å². The average Bonchev–Trinajstić information content (AvgIpc) is 2.88. The van der Waals surface area contributed by atoms with Crippen molar-refractivity contribution in [1.29, 1.82) is 0 Å². The van der Waals surface area contributed by atoms with Crippen molar-refractivity contribution in [2.75, 3.05) is 44.8 Å². The molecule has 1 atom stereocenters. The van der Waals surface area contributed by atoms with Crippen LogP contribution in [0.15, 0.2) is 42.5 Å². The third-order valence-electron chi connectivity index (χ3n) is 6.48. The van der Waals surface area contributed by atoms with Gasteiger partial charge in [0.05, 0.1) is 12.7 Å². The minimum absolute atomic E-state index is 0.409. The number of benzene rings is 2. The maximum atomic E-state index is 11.3. The molecule has 0 saturated heterocycles. The van der Waals surface area contributed by atoms with Gasteiger partial charge in [-0.15, -0.1) is 0 Å². The highest BCUT2D eigenvalue weighted by molar-refractivity contribution is 5.93. The number of carbonyl (C=O) groups excluding carboxylic acids is 1. The number of amides is 1. The van der Waals surface area contributed by atoms with E-state index in [4.69, 9.17) is 19.9 Å². The first-order valence-electron chi connectivity index (χ1n) is 13.3. The van der Waals surface area contributed by atoms with Gasteiger partial charge in [-0.3, -0.25) is 4.79 Å². The van der Waals surface area contributed by atoms with Crippen LogP contribution >= 0.6 is 0 Å². The first-order chi connectivity index (χ1) is 17.7. The summed E-state index contributed by atoms with van der Waals surface area (Å²) in [6.07, 6.45) is 4.75. The van der Waals surface area contributed by atoms with E-state index in [1.54, 1.807) is 6.07 Å². The molecular weight excluding hydrogens is 470 g/mol. The molecule has 204 valence electrons. The topological polar surface area (TPSA) is 106 Å². The smallest absolute Gasteiger partial charge is 0.248 e. The van der Waals surface area contributed by atoms with E-state index >= 15 is 0 Å². The number of primary amides is 1. The average molecular weight is 514 g/mol. The Morgan fingerprint density at radius 1 is 1.14 bits per heavy atom. The van der Waals surface area contributed by atoms with Crippen LogP contribution in [0.4, 0.5) is 5.69 Å². The molecule has 1 aliphatic rings. The van der Waals surface area contributed by atoms with E-state index < -0.39 is 17.8 Å². The third kappa shape index (κ3) is 9.63. The Kier molecular flexibility index (Phi) is 11.2. The molecule has 3 rings (SSSR count). The molecular formula is C29H43N3O5. The molecule has 0 aromatic heterocycles. The van der Waals surface area contributed by atoms with Crippen LogP contribution in [-0.4, -0.2) is 56.7 Å². The molecule has 8 heteroatoms. The number of anilines is 1. The van der Waals surface area contributed by atoms with E-state index in [9.17, 15) is 9.90 Å². The summed E-state index contributed by atoms with van der Waals surface area (Å²) in [6.45, 7) is 8.03. The zero-order chi connectivity index (χ0) is 26.7. The summed E-state index contributed by atoms with van der Waals surface area (Å²) in [6, 6.07) is 13.2. The van der Waals surface area contributed by atoms with Gasteiger partial charge in [0.15, 0.2) is 0 Å². The minimum atomic E-state index is -0.611. The molecule has 1 aliphatic heterocycles. The number of carbonyl (C=O) groups is 1. The maximum absolute atomic E-state index is 11.3. The molecule has 0 spiro atoms. The number of fused-ring (bicyclic) bond motifs is 1. The summed E-state index contributed by atoms with van der Waals surface area (Å²) >= 11 is 0. The van der Waals surface area contributed by atoms with Crippen molar-refractivity contribution in [3.63, 3.8) is 0 Å². The van der Waals surface area contributed by atoms with Crippen LogP contribution < -0.4 is 20.7 Å². The molecule has 0 fully saturated rings. The van der Waals surface area contributed by atoms with Crippen molar-refractivity contribution < 1.29 is 24.1 Å². The monoisotopic (exact) mass is 513 g/mol. The lowest BCUT2D eigenvalue weighted by Gasteiger charge is -2.33. The number of nitrogens with zero attached hydrogens (tertiary/aromatic N) is 1. The first-order valence-corrected chi connectivity index (χ1v) is 13.3. The van der Waals surface area contributed by atoms with Gasteiger partial charge in [-0.1, -0.05) is 25.0 Å². The number of ether oxygens (including phenoxy) is 3. The highest BCUT2D eigenvalue weighted by atomic mass is 16.7. The van der Waals surface area contributed by atoms with E-state index in [0.717, 1.165) is 81.0 Å². The van der Waals surface area contributed by atoms with Gasteiger partial charge < -0.3 is 35.3 Å². The van der Waals surface area contributed by atoms with Gasteiger partial charge in [-0.25, -0.2) is 0 Å². The van der Waals surface area contributed by atoms with Gasteiger partial charge in [0.2, 0.25) is 11.7 Å². The summed E-state index contributed by atoms with van der Waals surface area (Å²) in [5.41, 5.74) is 8.71. The van der Waals surface area contributed by atoms with E-state index in [-0.39, 0.29) is 0 Å². The molecule has 2 aromatic carbocycles. The van der Waals surface area contributed by atoms with E-state index in [1.165, 1.54) is 0 Å². The Morgan fingerprint density at radius 3 is 2.73 bits per heavy atom. The molecule has 0 radical (unpaired) electrons. The number of nitrogens with one attached hydrogen (secondary N) is 1. The predicted molar refractivity (Wildman–Crippen MR) is 146 cm³/mol. The molecule has 37 heavy (non-hydrogen) atoms. The van der Waals surface area contributed by atoms with Gasteiger partial charge >= 0.3 is 0 Å². The largest absolute Gasteiger partial charge is 0.463 e. The van der Waals surface area contributed by atoms with Crippen LogP contribution in [0.1, 0.15) is 73.5 Å². The Balaban J connectivity index is 1.17. The SMILES string of the molecule is CN(CCCOCCCCCCNC[C@@H](O)c1ccc2c(c1)COC(C)(C)O2)c1cccc(C(N)=O)c1. The number of rotatable bonds is 16. The molecule has 0 bridgehead atoms. The van der Waals surface area contributed by atoms with Crippen LogP contribution in [0, 0.1) is 0 Å². The fourth-order valence-corrected chi connectivity index (χ4v) is 4.26. The van der Waals surface area contributed by atoms with Gasteiger partial charge in [0.25, 0.3) is 0 Å². The van der Waals surface area contributed by atoms with Crippen molar-refractivity contribution in [3.05, 3.63) is 59.2 Å². The Hall–Kier alpha value is -2.65. The second-order valence-electron chi connectivity index (χ2n) is 10.1. The third-order valence-corrected chi connectivity index (χ3v) is 6.48. The van der Waals surface area contributed by atoms with Gasteiger partial charge in [-0.2, -0.15) is 0 Å². The highest BCUT2D eigenvalue weighted by Gasteiger charge is 2.27. The number of aliphatic hydroxyl groups is 1.